The third kappa shape index (κ3) is 2.59. The highest BCUT2D eigenvalue weighted by atomic mass is 32.1. The second-order valence-corrected chi connectivity index (χ2v) is 4.04. The molecular weight excluding hydrogens is 241 g/mol. The van der Waals surface area contributed by atoms with Gasteiger partial charge in [0.25, 0.3) is 0 Å². The molecule has 0 aliphatic rings. The molecule has 17 heavy (non-hydrogen) atoms. The molecule has 3 N–H and O–H groups in total. The van der Waals surface area contributed by atoms with Gasteiger partial charge in [-0.05, 0) is 6.07 Å². The molecular formula is C11H10FN3OS. The van der Waals surface area contributed by atoms with Crippen molar-refractivity contribution in [1.82, 2.24) is 4.98 Å². The normalized spacial score (nSPS) is 10.2. The SMILES string of the molecule is N=Cc1cc(F)c(OCc2cscn2)cc1N. The fourth-order valence-electron chi connectivity index (χ4n) is 1.28. The van der Waals surface area contributed by atoms with E-state index in [1.807, 2.05) is 5.38 Å². The Kier molecular flexibility index (Phi) is 3.34. The van der Waals surface area contributed by atoms with Crippen molar-refractivity contribution in [3.63, 3.8) is 0 Å². The number of halogens is 1. The largest absolute Gasteiger partial charge is 0.484 e. The Hall–Kier alpha value is -1.95. The third-order valence-corrected chi connectivity index (χ3v) is 2.79. The van der Waals surface area contributed by atoms with E-state index in [4.69, 9.17) is 15.9 Å². The smallest absolute Gasteiger partial charge is 0.165 e. The van der Waals surface area contributed by atoms with Crippen molar-refractivity contribution in [2.75, 3.05) is 5.73 Å². The van der Waals surface area contributed by atoms with Crippen LogP contribution in [-0.4, -0.2) is 11.2 Å². The van der Waals surface area contributed by atoms with Crippen molar-refractivity contribution in [3.8, 4) is 5.75 Å². The summed E-state index contributed by atoms with van der Waals surface area (Å²) in [5.74, 6) is -0.464. The summed E-state index contributed by atoms with van der Waals surface area (Å²) in [6.45, 7) is 0.198. The molecule has 1 aromatic carbocycles. The molecule has 0 amide bonds. The van der Waals surface area contributed by atoms with Crippen molar-refractivity contribution >= 4 is 23.2 Å². The highest BCUT2D eigenvalue weighted by molar-refractivity contribution is 7.07. The average Bonchev–Trinajstić information content (AvgIpc) is 2.82. The number of nitrogens with two attached hydrogens (primary N) is 1. The summed E-state index contributed by atoms with van der Waals surface area (Å²) in [5.41, 5.74) is 8.71. The van der Waals surface area contributed by atoms with Gasteiger partial charge in [-0.15, -0.1) is 11.3 Å². The zero-order chi connectivity index (χ0) is 12.3. The molecule has 0 fully saturated rings. The van der Waals surface area contributed by atoms with E-state index in [2.05, 4.69) is 4.98 Å². The van der Waals surface area contributed by atoms with Crippen molar-refractivity contribution in [2.24, 2.45) is 0 Å². The number of benzene rings is 1. The van der Waals surface area contributed by atoms with Crippen LogP contribution in [0.5, 0.6) is 5.75 Å². The van der Waals surface area contributed by atoms with Gasteiger partial charge in [-0.25, -0.2) is 9.37 Å². The summed E-state index contributed by atoms with van der Waals surface area (Å²) in [6.07, 6.45) is 1.00. The molecule has 0 saturated heterocycles. The molecule has 0 radical (unpaired) electrons. The molecule has 0 atom stereocenters. The first-order valence-electron chi connectivity index (χ1n) is 4.80. The second-order valence-electron chi connectivity index (χ2n) is 3.32. The summed E-state index contributed by atoms with van der Waals surface area (Å²) < 4.78 is 18.8. The molecule has 2 rings (SSSR count). The monoisotopic (exact) mass is 251 g/mol. The van der Waals surface area contributed by atoms with E-state index in [0.29, 0.717) is 11.3 Å². The van der Waals surface area contributed by atoms with E-state index in [0.717, 1.165) is 11.9 Å². The van der Waals surface area contributed by atoms with Gasteiger partial charge in [0.15, 0.2) is 11.6 Å². The van der Waals surface area contributed by atoms with Crippen molar-refractivity contribution < 1.29 is 9.13 Å². The van der Waals surface area contributed by atoms with Gasteiger partial charge in [-0.2, -0.15) is 0 Å². The molecule has 0 aliphatic heterocycles. The van der Waals surface area contributed by atoms with Crippen molar-refractivity contribution in [1.29, 1.82) is 5.41 Å². The Morgan fingerprint density at radius 2 is 2.35 bits per heavy atom. The van der Waals surface area contributed by atoms with Crippen LogP contribution in [0.15, 0.2) is 23.0 Å². The van der Waals surface area contributed by atoms with E-state index in [1.54, 1.807) is 5.51 Å². The first kappa shape index (κ1) is 11.5. The lowest BCUT2D eigenvalue weighted by atomic mass is 10.2. The molecule has 0 unspecified atom stereocenters. The van der Waals surface area contributed by atoms with Crippen LogP contribution in [0.4, 0.5) is 10.1 Å². The maximum Gasteiger partial charge on any atom is 0.165 e. The van der Waals surface area contributed by atoms with Crippen LogP contribution in [0.2, 0.25) is 0 Å². The summed E-state index contributed by atoms with van der Waals surface area (Å²) in [4.78, 5) is 4.02. The van der Waals surface area contributed by atoms with Crippen LogP contribution in [-0.2, 0) is 6.61 Å². The predicted octanol–water partition coefficient (Wildman–Crippen LogP) is 2.44. The van der Waals surface area contributed by atoms with Crippen LogP contribution in [0, 0.1) is 11.2 Å². The maximum absolute atomic E-state index is 13.5. The number of ether oxygens (including phenoxy) is 1. The minimum absolute atomic E-state index is 0.0705. The molecule has 2 aromatic rings. The van der Waals surface area contributed by atoms with Gasteiger partial charge in [-0.1, -0.05) is 0 Å². The number of aromatic nitrogens is 1. The molecule has 88 valence electrons. The number of nitrogens with one attached hydrogen (secondary N) is 1. The van der Waals surface area contributed by atoms with E-state index < -0.39 is 5.82 Å². The Morgan fingerprint density at radius 3 is 3.00 bits per heavy atom. The third-order valence-electron chi connectivity index (χ3n) is 2.15. The quantitative estimate of drug-likeness (QED) is 0.647. The number of hydrogen-bond donors (Lipinski definition) is 2. The lowest BCUT2D eigenvalue weighted by Crippen LogP contribution is -2.01. The molecule has 0 aliphatic carbocycles. The van der Waals surface area contributed by atoms with E-state index in [9.17, 15) is 4.39 Å². The Bertz CT molecular complexity index is 528. The predicted molar refractivity (Wildman–Crippen MR) is 65.1 cm³/mol. The van der Waals surface area contributed by atoms with Crippen molar-refractivity contribution in [3.05, 3.63) is 40.1 Å². The van der Waals surface area contributed by atoms with E-state index >= 15 is 0 Å². The zero-order valence-electron chi connectivity index (χ0n) is 8.81. The Morgan fingerprint density at radius 1 is 1.53 bits per heavy atom. The number of rotatable bonds is 4. The highest BCUT2D eigenvalue weighted by Crippen LogP contribution is 2.24. The van der Waals surface area contributed by atoms with Gasteiger partial charge in [0, 0.05) is 28.9 Å². The maximum atomic E-state index is 13.5. The van der Waals surface area contributed by atoms with Gasteiger partial charge < -0.3 is 15.9 Å². The van der Waals surface area contributed by atoms with E-state index in [-0.39, 0.29) is 12.4 Å². The Balaban J connectivity index is 2.16. The van der Waals surface area contributed by atoms with Gasteiger partial charge >= 0.3 is 0 Å². The lowest BCUT2D eigenvalue weighted by Gasteiger charge is -2.08. The lowest BCUT2D eigenvalue weighted by molar-refractivity contribution is 0.287. The number of nitrogens with zero attached hydrogens (tertiary/aromatic N) is 1. The average molecular weight is 251 g/mol. The van der Waals surface area contributed by atoms with Crippen LogP contribution in [0.1, 0.15) is 11.3 Å². The summed E-state index contributed by atoms with van der Waals surface area (Å²) in [5, 5.41) is 8.87. The minimum Gasteiger partial charge on any atom is -0.484 e. The van der Waals surface area contributed by atoms with Crippen LogP contribution in [0.3, 0.4) is 0 Å². The fourth-order valence-corrected chi connectivity index (χ4v) is 1.82. The fraction of sp³-hybridized carbons (Fsp3) is 0.0909. The molecule has 1 heterocycles. The first-order chi connectivity index (χ1) is 8.20. The molecule has 0 bridgehead atoms. The number of nitrogen functional groups attached to an aromatic ring is 1. The second kappa shape index (κ2) is 4.92. The summed E-state index contributed by atoms with van der Waals surface area (Å²) >= 11 is 1.45. The van der Waals surface area contributed by atoms with Gasteiger partial charge in [-0.3, -0.25) is 0 Å². The first-order valence-corrected chi connectivity index (χ1v) is 5.74. The molecule has 0 spiro atoms. The van der Waals surface area contributed by atoms with Crippen LogP contribution < -0.4 is 10.5 Å². The number of anilines is 1. The topological polar surface area (TPSA) is 72.0 Å². The summed E-state index contributed by atoms with van der Waals surface area (Å²) in [7, 11) is 0. The van der Waals surface area contributed by atoms with Gasteiger partial charge in [0.2, 0.25) is 0 Å². The minimum atomic E-state index is -0.534. The molecule has 6 heteroatoms. The van der Waals surface area contributed by atoms with Crippen LogP contribution >= 0.6 is 11.3 Å². The van der Waals surface area contributed by atoms with Gasteiger partial charge in [0.05, 0.1) is 11.2 Å². The van der Waals surface area contributed by atoms with Crippen LogP contribution in [0.25, 0.3) is 0 Å². The number of thiazole rings is 1. The molecule has 4 nitrogen and oxygen atoms in total. The zero-order valence-corrected chi connectivity index (χ0v) is 9.63. The highest BCUT2D eigenvalue weighted by Gasteiger charge is 2.08. The Labute approximate surface area is 101 Å². The van der Waals surface area contributed by atoms with Gasteiger partial charge in [0.1, 0.15) is 6.61 Å². The number of hydrogen-bond acceptors (Lipinski definition) is 5. The molecule has 1 aromatic heterocycles. The standard InChI is InChI=1S/C11H10FN3OS/c12-9-1-7(3-13)10(14)2-11(9)16-4-8-5-17-6-15-8/h1-3,5-6,13H,4,14H2. The molecule has 0 saturated carbocycles. The van der Waals surface area contributed by atoms with E-state index in [1.165, 1.54) is 23.5 Å². The van der Waals surface area contributed by atoms with Crippen molar-refractivity contribution in [2.45, 2.75) is 6.61 Å². The summed E-state index contributed by atoms with van der Waals surface area (Å²) in [6, 6.07) is 2.56.